The lowest BCUT2D eigenvalue weighted by atomic mass is 9.86. The Kier molecular flexibility index (Phi) is 4.72. The molecule has 0 spiro atoms. The lowest BCUT2D eigenvalue weighted by Crippen LogP contribution is -2.30. The molecule has 0 amide bonds. The Morgan fingerprint density at radius 2 is 1.79 bits per heavy atom. The number of Topliss-reactive ketones (excluding diaryl/α,β-unsaturated/α-hetero) is 1. The second kappa shape index (κ2) is 4.87. The van der Waals surface area contributed by atoms with E-state index in [9.17, 15) is 9.18 Å². The maximum absolute atomic E-state index is 12.4. The molecule has 0 aliphatic heterocycles. The van der Waals surface area contributed by atoms with Crippen molar-refractivity contribution in [3.05, 3.63) is 0 Å². The first-order valence-corrected chi connectivity index (χ1v) is 4.92. The van der Waals surface area contributed by atoms with Gasteiger partial charge in [-0.25, -0.2) is 4.39 Å². The highest BCUT2D eigenvalue weighted by molar-refractivity contribution is 5.81. The highest BCUT2D eigenvalue weighted by atomic mass is 19.1. The Balaban J connectivity index is 3.91. The third kappa shape index (κ3) is 4.70. The summed E-state index contributed by atoms with van der Waals surface area (Å²) in [5.74, 6) is 0.138. The summed E-state index contributed by atoms with van der Waals surface area (Å²) in [6, 6.07) is 0. The first-order chi connectivity index (χ1) is 6.21. The van der Waals surface area contributed by atoms with Gasteiger partial charge in [0.05, 0.1) is 5.60 Å². The molecule has 0 fully saturated rings. The van der Waals surface area contributed by atoms with Crippen LogP contribution in [-0.2, 0) is 9.53 Å². The minimum Gasteiger partial charge on any atom is -0.373 e. The summed E-state index contributed by atoms with van der Waals surface area (Å²) in [6.07, 6.45) is 0.631. The molecule has 14 heavy (non-hydrogen) atoms. The van der Waals surface area contributed by atoms with Crippen molar-refractivity contribution in [2.75, 3.05) is 13.3 Å². The van der Waals surface area contributed by atoms with Gasteiger partial charge < -0.3 is 4.74 Å². The zero-order valence-corrected chi connectivity index (χ0v) is 9.82. The van der Waals surface area contributed by atoms with Crippen molar-refractivity contribution in [2.45, 2.75) is 46.6 Å². The Morgan fingerprint density at radius 3 is 2.14 bits per heavy atom. The van der Waals surface area contributed by atoms with Crippen molar-refractivity contribution >= 4 is 5.78 Å². The zero-order valence-electron chi connectivity index (χ0n) is 9.82. The Morgan fingerprint density at radius 1 is 1.29 bits per heavy atom. The fraction of sp³-hybridized carbons (Fsp3) is 0.909. The molecule has 0 saturated heterocycles. The third-order valence-corrected chi connectivity index (χ3v) is 2.49. The Bertz CT molecular complexity index is 197. The van der Waals surface area contributed by atoms with Crippen LogP contribution < -0.4 is 0 Å². The van der Waals surface area contributed by atoms with Crippen molar-refractivity contribution in [1.29, 1.82) is 0 Å². The van der Waals surface area contributed by atoms with Gasteiger partial charge >= 0.3 is 0 Å². The highest BCUT2D eigenvalue weighted by Gasteiger charge is 2.25. The average Bonchev–Trinajstić information content (AvgIpc) is 2.03. The van der Waals surface area contributed by atoms with Gasteiger partial charge in [0.15, 0.2) is 0 Å². The molecule has 0 radical (unpaired) electrons. The van der Waals surface area contributed by atoms with E-state index < -0.39 is 12.3 Å². The number of carbonyl (C=O) groups excluding carboxylic acids is 1. The first kappa shape index (κ1) is 13.6. The minimum atomic E-state index is -0.729. The summed E-state index contributed by atoms with van der Waals surface area (Å²) in [7, 11) is 0. The van der Waals surface area contributed by atoms with Crippen LogP contribution in [-0.4, -0.2) is 24.7 Å². The monoisotopic (exact) mass is 204 g/mol. The van der Waals surface area contributed by atoms with E-state index >= 15 is 0 Å². The predicted molar refractivity (Wildman–Crippen MR) is 55.1 cm³/mol. The van der Waals surface area contributed by atoms with E-state index in [-0.39, 0.29) is 11.2 Å². The number of ether oxygens (including phenoxy) is 1. The summed E-state index contributed by atoms with van der Waals surface area (Å²) in [5.41, 5.74) is -1.10. The number of alkyl halides is 1. The molecule has 0 aromatic heterocycles. The van der Waals surface area contributed by atoms with Crippen molar-refractivity contribution in [1.82, 2.24) is 0 Å². The molecular weight excluding hydrogens is 183 g/mol. The van der Waals surface area contributed by atoms with Crippen molar-refractivity contribution < 1.29 is 13.9 Å². The number of ketones is 1. The molecular formula is C11H21FO2. The fourth-order valence-electron chi connectivity index (χ4n) is 0.797. The quantitative estimate of drug-likeness (QED) is 0.665. The smallest absolute Gasteiger partial charge is 0.135 e. The molecule has 0 rings (SSSR count). The van der Waals surface area contributed by atoms with Gasteiger partial charge in [-0.3, -0.25) is 4.79 Å². The third-order valence-electron chi connectivity index (χ3n) is 2.49. The SMILES string of the molecule is CC(=O)C(C)(C)CCOC(C)(C)CF. The molecule has 0 aromatic carbocycles. The molecule has 0 bridgehead atoms. The normalized spacial score (nSPS) is 13.0. The number of halogens is 1. The van der Waals surface area contributed by atoms with E-state index in [0.29, 0.717) is 13.0 Å². The molecule has 0 unspecified atom stereocenters. The van der Waals surface area contributed by atoms with Gasteiger partial charge in [-0.2, -0.15) is 0 Å². The first-order valence-electron chi connectivity index (χ1n) is 4.92. The molecule has 0 aromatic rings. The van der Waals surface area contributed by atoms with Gasteiger partial charge in [0.1, 0.15) is 12.5 Å². The van der Waals surface area contributed by atoms with Crippen molar-refractivity contribution in [3.63, 3.8) is 0 Å². The van der Waals surface area contributed by atoms with Gasteiger partial charge in [-0.1, -0.05) is 13.8 Å². The van der Waals surface area contributed by atoms with E-state index in [1.807, 2.05) is 13.8 Å². The summed E-state index contributed by atoms with van der Waals surface area (Å²) in [4.78, 5) is 11.2. The minimum absolute atomic E-state index is 0.138. The van der Waals surface area contributed by atoms with E-state index in [2.05, 4.69) is 0 Å². The summed E-state index contributed by atoms with van der Waals surface area (Å²) < 4.78 is 17.7. The number of carbonyl (C=O) groups is 1. The van der Waals surface area contributed by atoms with Crippen LogP contribution in [0.25, 0.3) is 0 Å². The topological polar surface area (TPSA) is 26.3 Å². The van der Waals surface area contributed by atoms with Crippen LogP contribution in [0.3, 0.4) is 0 Å². The van der Waals surface area contributed by atoms with E-state index in [1.165, 1.54) is 0 Å². The lowest BCUT2D eigenvalue weighted by molar-refractivity contribution is -0.127. The highest BCUT2D eigenvalue weighted by Crippen LogP contribution is 2.22. The van der Waals surface area contributed by atoms with Gasteiger partial charge in [-0.05, 0) is 27.2 Å². The summed E-state index contributed by atoms with van der Waals surface area (Å²) in [6.45, 7) is 8.64. The van der Waals surface area contributed by atoms with Crippen LogP contribution in [0, 0.1) is 5.41 Å². The van der Waals surface area contributed by atoms with E-state index in [0.717, 1.165) is 0 Å². The molecule has 0 aliphatic rings. The zero-order chi connectivity index (χ0) is 11.4. The summed E-state index contributed by atoms with van der Waals surface area (Å²) in [5, 5.41) is 0. The number of hydrogen-bond acceptors (Lipinski definition) is 2. The lowest BCUT2D eigenvalue weighted by Gasteiger charge is -2.26. The van der Waals surface area contributed by atoms with Crippen LogP contribution in [0.5, 0.6) is 0 Å². The fourth-order valence-corrected chi connectivity index (χ4v) is 0.797. The van der Waals surface area contributed by atoms with Crippen LogP contribution in [0.2, 0.25) is 0 Å². The summed E-state index contributed by atoms with van der Waals surface area (Å²) >= 11 is 0. The van der Waals surface area contributed by atoms with Crippen LogP contribution in [0.4, 0.5) is 4.39 Å². The molecule has 0 heterocycles. The van der Waals surface area contributed by atoms with E-state index in [1.54, 1.807) is 20.8 Å². The molecule has 84 valence electrons. The Hall–Kier alpha value is -0.440. The van der Waals surface area contributed by atoms with Gasteiger partial charge in [0, 0.05) is 12.0 Å². The van der Waals surface area contributed by atoms with Crippen LogP contribution >= 0.6 is 0 Å². The molecule has 0 atom stereocenters. The molecule has 3 heteroatoms. The molecule has 0 saturated carbocycles. The van der Waals surface area contributed by atoms with Gasteiger partial charge in [0.2, 0.25) is 0 Å². The maximum atomic E-state index is 12.4. The van der Waals surface area contributed by atoms with Crippen molar-refractivity contribution in [2.24, 2.45) is 5.41 Å². The van der Waals surface area contributed by atoms with Crippen molar-refractivity contribution in [3.8, 4) is 0 Å². The second-order valence-electron chi connectivity index (χ2n) is 4.93. The van der Waals surface area contributed by atoms with E-state index in [4.69, 9.17) is 4.74 Å². The number of rotatable bonds is 6. The maximum Gasteiger partial charge on any atom is 0.135 e. The van der Waals surface area contributed by atoms with Crippen LogP contribution in [0.15, 0.2) is 0 Å². The standard InChI is InChI=1S/C11H21FO2/c1-9(13)10(2,3)6-7-14-11(4,5)8-12/h6-8H2,1-5H3. The molecule has 0 aliphatic carbocycles. The van der Waals surface area contributed by atoms with Gasteiger partial charge in [0.25, 0.3) is 0 Å². The van der Waals surface area contributed by atoms with Crippen LogP contribution in [0.1, 0.15) is 41.0 Å². The molecule has 0 N–H and O–H groups in total. The predicted octanol–water partition coefficient (Wildman–Crippen LogP) is 2.76. The molecule has 2 nitrogen and oxygen atoms in total. The largest absolute Gasteiger partial charge is 0.373 e. The average molecular weight is 204 g/mol. The Labute approximate surface area is 85.8 Å². The number of hydrogen-bond donors (Lipinski definition) is 0. The van der Waals surface area contributed by atoms with Gasteiger partial charge in [-0.15, -0.1) is 0 Å². The second-order valence-corrected chi connectivity index (χ2v) is 4.93.